The summed E-state index contributed by atoms with van der Waals surface area (Å²) in [6.45, 7) is 5.60. The summed E-state index contributed by atoms with van der Waals surface area (Å²) in [4.78, 5) is 37.2. The number of carbonyl (C=O) groups is 3. The van der Waals surface area contributed by atoms with Crippen molar-refractivity contribution in [2.24, 2.45) is 0 Å². The smallest absolute Gasteiger partial charge is 0.247 e. The lowest BCUT2D eigenvalue weighted by molar-refractivity contribution is -0.129. The van der Waals surface area contributed by atoms with Gasteiger partial charge in [-0.05, 0) is 31.9 Å². The summed E-state index contributed by atoms with van der Waals surface area (Å²) in [6.07, 6.45) is 0.134. The highest BCUT2D eigenvalue weighted by atomic mass is 16.2. The predicted octanol–water partition coefficient (Wildman–Crippen LogP) is 3.34. The number of amides is 2. The highest BCUT2D eigenvalue weighted by molar-refractivity contribution is 5.99. The molecule has 0 heterocycles. The number of hydrogen-bond donors (Lipinski definition) is 2. The summed E-state index contributed by atoms with van der Waals surface area (Å²) in [5.74, 6) is -0.675. The van der Waals surface area contributed by atoms with Gasteiger partial charge in [0.15, 0.2) is 5.78 Å². The molecule has 0 aliphatic heterocycles. The first-order chi connectivity index (χ1) is 12.9. The fraction of sp³-hybridized carbons (Fsp3) is 0.318. The van der Waals surface area contributed by atoms with E-state index in [1.165, 1.54) is 0 Å². The Bertz CT molecular complexity index is 800. The Balaban J connectivity index is 2.02. The Morgan fingerprint density at radius 2 is 1.48 bits per heavy atom. The van der Waals surface area contributed by atoms with Crippen LogP contribution in [-0.2, 0) is 9.59 Å². The highest BCUT2D eigenvalue weighted by Crippen LogP contribution is 2.15. The molecular formula is C22H26N2O3. The van der Waals surface area contributed by atoms with Crippen LogP contribution in [0.25, 0.3) is 0 Å². The lowest BCUT2D eigenvalue weighted by Gasteiger charge is -2.20. The van der Waals surface area contributed by atoms with Crippen LogP contribution in [-0.4, -0.2) is 23.6 Å². The van der Waals surface area contributed by atoms with Crippen molar-refractivity contribution in [1.82, 2.24) is 10.6 Å². The SMILES string of the molecule is Cc1ccccc1C(=O)CCC(=O)NC(C(=O)NC(C)C)c1ccccc1. The molecule has 0 aromatic heterocycles. The van der Waals surface area contributed by atoms with Crippen molar-refractivity contribution in [1.29, 1.82) is 0 Å². The molecule has 27 heavy (non-hydrogen) atoms. The lowest BCUT2D eigenvalue weighted by atomic mass is 10.0. The van der Waals surface area contributed by atoms with Crippen molar-refractivity contribution < 1.29 is 14.4 Å². The molecule has 1 atom stereocenters. The second kappa shape index (κ2) is 9.67. The van der Waals surface area contributed by atoms with Crippen LogP contribution in [0, 0.1) is 6.92 Å². The zero-order chi connectivity index (χ0) is 19.8. The summed E-state index contributed by atoms with van der Waals surface area (Å²) >= 11 is 0. The van der Waals surface area contributed by atoms with Crippen LogP contribution >= 0.6 is 0 Å². The number of rotatable bonds is 8. The standard InChI is InChI=1S/C22H26N2O3/c1-15(2)23-22(27)21(17-10-5-4-6-11-17)24-20(26)14-13-19(25)18-12-8-7-9-16(18)3/h4-12,15,21H,13-14H2,1-3H3,(H,23,27)(H,24,26). The first kappa shape index (κ1) is 20.4. The van der Waals surface area contributed by atoms with Crippen molar-refractivity contribution >= 4 is 17.6 Å². The third-order valence-corrected chi connectivity index (χ3v) is 4.16. The molecule has 2 amide bonds. The highest BCUT2D eigenvalue weighted by Gasteiger charge is 2.23. The largest absolute Gasteiger partial charge is 0.352 e. The summed E-state index contributed by atoms with van der Waals surface area (Å²) < 4.78 is 0. The van der Waals surface area contributed by atoms with E-state index in [1.54, 1.807) is 18.2 Å². The average molecular weight is 366 g/mol. The van der Waals surface area contributed by atoms with Gasteiger partial charge in [0, 0.05) is 24.4 Å². The lowest BCUT2D eigenvalue weighted by Crippen LogP contribution is -2.42. The molecule has 0 aliphatic carbocycles. The van der Waals surface area contributed by atoms with Crippen molar-refractivity contribution in [3.05, 3.63) is 71.3 Å². The zero-order valence-electron chi connectivity index (χ0n) is 16.0. The Labute approximate surface area is 160 Å². The Morgan fingerprint density at radius 3 is 2.11 bits per heavy atom. The van der Waals surface area contributed by atoms with Gasteiger partial charge in [-0.1, -0.05) is 54.6 Å². The molecule has 142 valence electrons. The van der Waals surface area contributed by atoms with Gasteiger partial charge in [0.2, 0.25) is 11.8 Å². The van der Waals surface area contributed by atoms with Crippen LogP contribution in [0.4, 0.5) is 0 Å². The molecule has 2 rings (SSSR count). The molecule has 0 saturated heterocycles. The third-order valence-electron chi connectivity index (χ3n) is 4.16. The van der Waals surface area contributed by atoms with E-state index in [9.17, 15) is 14.4 Å². The molecule has 0 bridgehead atoms. The van der Waals surface area contributed by atoms with E-state index in [-0.39, 0.29) is 36.5 Å². The van der Waals surface area contributed by atoms with Crippen molar-refractivity contribution in [3.63, 3.8) is 0 Å². The van der Waals surface area contributed by atoms with Crippen molar-refractivity contribution in [3.8, 4) is 0 Å². The predicted molar refractivity (Wildman–Crippen MR) is 105 cm³/mol. The van der Waals surface area contributed by atoms with Crippen LogP contribution in [0.15, 0.2) is 54.6 Å². The molecule has 2 aromatic carbocycles. The first-order valence-electron chi connectivity index (χ1n) is 9.12. The fourth-order valence-corrected chi connectivity index (χ4v) is 2.79. The topological polar surface area (TPSA) is 75.3 Å². The molecule has 0 spiro atoms. The van der Waals surface area contributed by atoms with Gasteiger partial charge in [-0.2, -0.15) is 0 Å². The van der Waals surface area contributed by atoms with Crippen LogP contribution in [0.5, 0.6) is 0 Å². The van der Waals surface area contributed by atoms with Gasteiger partial charge < -0.3 is 10.6 Å². The summed E-state index contributed by atoms with van der Waals surface area (Å²) in [5.41, 5.74) is 2.22. The monoisotopic (exact) mass is 366 g/mol. The van der Waals surface area contributed by atoms with E-state index in [2.05, 4.69) is 10.6 Å². The van der Waals surface area contributed by atoms with Crippen LogP contribution < -0.4 is 10.6 Å². The van der Waals surface area contributed by atoms with Gasteiger partial charge in [-0.25, -0.2) is 0 Å². The molecule has 2 aromatic rings. The normalized spacial score (nSPS) is 11.7. The van der Waals surface area contributed by atoms with Crippen molar-refractivity contribution in [2.45, 2.75) is 45.7 Å². The first-order valence-corrected chi connectivity index (χ1v) is 9.12. The number of hydrogen-bond acceptors (Lipinski definition) is 3. The van der Waals surface area contributed by atoms with E-state index < -0.39 is 6.04 Å². The Kier molecular flexibility index (Phi) is 7.29. The second-order valence-electron chi connectivity index (χ2n) is 6.81. The number of Topliss-reactive ketones (excluding diaryl/α,β-unsaturated/α-hetero) is 1. The summed E-state index contributed by atoms with van der Waals surface area (Å²) in [6, 6.07) is 15.6. The van der Waals surface area contributed by atoms with Gasteiger partial charge in [-0.3, -0.25) is 14.4 Å². The zero-order valence-corrected chi connectivity index (χ0v) is 16.0. The fourth-order valence-electron chi connectivity index (χ4n) is 2.79. The third kappa shape index (κ3) is 6.06. The number of nitrogens with one attached hydrogen (secondary N) is 2. The Morgan fingerprint density at radius 1 is 0.852 bits per heavy atom. The molecule has 0 radical (unpaired) electrons. The molecule has 1 unspecified atom stereocenters. The van der Waals surface area contributed by atoms with Gasteiger partial charge in [0.25, 0.3) is 0 Å². The minimum absolute atomic E-state index is 0.0332. The number of aryl methyl sites for hydroxylation is 1. The van der Waals surface area contributed by atoms with Crippen LogP contribution in [0.2, 0.25) is 0 Å². The minimum atomic E-state index is -0.783. The second-order valence-corrected chi connectivity index (χ2v) is 6.81. The van der Waals surface area contributed by atoms with Gasteiger partial charge in [-0.15, -0.1) is 0 Å². The van der Waals surface area contributed by atoms with Crippen molar-refractivity contribution in [2.75, 3.05) is 0 Å². The number of carbonyl (C=O) groups excluding carboxylic acids is 3. The molecule has 0 saturated carbocycles. The van der Waals surface area contributed by atoms with Crippen LogP contribution in [0.3, 0.4) is 0 Å². The number of benzene rings is 2. The summed E-state index contributed by atoms with van der Waals surface area (Å²) in [7, 11) is 0. The Hall–Kier alpha value is -2.95. The van der Waals surface area contributed by atoms with Crippen LogP contribution in [0.1, 0.15) is 54.2 Å². The molecule has 0 aliphatic rings. The van der Waals surface area contributed by atoms with E-state index in [0.717, 1.165) is 5.56 Å². The van der Waals surface area contributed by atoms with E-state index in [1.807, 2.05) is 57.2 Å². The minimum Gasteiger partial charge on any atom is -0.352 e. The van der Waals surface area contributed by atoms with Gasteiger partial charge in [0.1, 0.15) is 6.04 Å². The maximum Gasteiger partial charge on any atom is 0.247 e. The molecular weight excluding hydrogens is 340 g/mol. The maximum atomic E-state index is 12.5. The quantitative estimate of drug-likeness (QED) is 0.704. The van der Waals surface area contributed by atoms with Gasteiger partial charge >= 0.3 is 0 Å². The molecule has 0 fully saturated rings. The maximum absolute atomic E-state index is 12.5. The summed E-state index contributed by atoms with van der Waals surface area (Å²) in [5, 5.41) is 5.58. The van der Waals surface area contributed by atoms with Gasteiger partial charge in [0.05, 0.1) is 0 Å². The number of ketones is 1. The molecule has 2 N–H and O–H groups in total. The molecule has 5 nitrogen and oxygen atoms in total. The average Bonchev–Trinajstić information content (AvgIpc) is 2.64. The van der Waals surface area contributed by atoms with E-state index in [0.29, 0.717) is 11.1 Å². The molecule has 5 heteroatoms. The van der Waals surface area contributed by atoms with E-state index >= 15 is 0 Å². The van der Waals surface area contributed by atoms with E-state index in [4.69, 9.17) is 0 Å².